The van der Waals surface area contributed by atoms with Crippen molar-refractivity contribution in [3.63, 3.8) is 0 Å². The van der Waals surface area contributed by atoms with Crippen molar-refractivity contribution in [2.75, 3.05) is 20.2 Å². The number of likely N-dealkylation sites (tertiary alicyclic amines) is 1. The molecule has 4 heteroatoms. The number of hydrogen-bond acceptors (Lipinski definition) is 3. The van der Waals surface area contributed by atoms with Gasteiger partial charge < -0.3 is 9.64 Å². The average Bonchev–Trinajstić information content (AvgIpc) is 2.80. The van der Waals surface area contributed by atoms with E-state index < -0.39 is 0 Å². The van der Waals surface area contributed by atoms with Crippen LogP contribution in [0.25, 0.3) is 0 Å². The second-order valence-corrected chi connectivity index (χ2v) is 8.41. The maximum Gasteiger partial charge on any atom is 0.227 e. The molecule has 4 rings (SSSR count). The lowest BCUT2D eigenvalue weighted by Gasteiger charge is -2.33. The summed E-state index contributed by atoms with van der Waals surface area (Å²) < 4.78 is 5.21. The van der Waals surface area contributed by atoms with Crippen molar-refractivity contribution in [2.24, 2.45) is 0 Å². The molecule has 0 aliphatic carbocycles. The van der Waals surface area contributed by atoms with Crippen molar-refractivity contribution >= 4 is 5.91 Å². The Balaban J connectivity index is 1.44. The van der Waals surface area contributed by atoms with Crippen molar-refractivity contribution in [2.45, 2.75) is 38.5 Å². The zero-order chi connectivity index (χ0) is 21.6. The number of methoxy groups -OCH3 is 1. The van der Waals surface area contributed by atoms with Crippen LogP contribution in [0.5, 0.6) is 5.75 Å². The zero-order valence-corrected chi connectivity index (χ0v) is 18.4. The number of carbonyl (C=O) groups is 1. The normalized spacial score (nSPS) is 16.2. The molecule has 1 amide bonds. The SMILES string of the molecule is COc1ccc(CC(=O)N2CCC[C@@H](c3cc(Cc4ccccc4)cc(C)n3)C2)cc1. The number of piperidine rings is 1. The highest BCUT2D eigenvalue weighted by molar-refractivity contribution is 5.79. The van der Waals surface area contributed by atoms with Gasteiger partial charge in [-0.05, 0) is 67.1 Å². The molecule has 31 heavy (non-hydrogen) atoms. The lowest BCUT2D eigenvalue weighted by Crippen LogP contribution is -2.40. The van der Waals surface area contributed by atoms with Crippen LogP contribution in [0.3, 0.4) is 0 Å². The third-order valence-corrected chi connectivity index (χ3v) is 5.99. The molecule has 1 fully saturated rings. The molecule has 0 saturated carbocycles. The van der Waals surface area contributed by atoms with E-state index in [0.717, 1.165) is 55.1 Å². The van der Waals surface area contributed by atoms with E-state index in [1.165, 1.54) is 11.1 Å². The van der Waals surface area contributed by atoms with Crippen molar-refractivity contribution in [1.29, 1.82) is 0 Å². The van der Waals surface area contributed by atoms with Gasteiger partial charge in [0.2, 0.25) is 5.91 Å². The molecular weight excluding hydrogens is 384 g/mol. The minimum Gasteiger partial charge on any atom is -0.497 e. The van der Waals surface area contributed by atoms with Gasteiger partial charge in [0.05, 0.1) is 13.5 Å². The Morgan fingerprint density at radius 3 is 2.55 bits per heavy atom. The quantitative estimate of drug-likeness (QED) is 0.574. The molecule has 1 aromatic heterocycles. The minimum atomic E-state index is 0.187. The van der Waals surface area contributed by atoms with Gasteiger partial charge in [-0.25, -0.2) is 0 Å². The number of aromatic nitrogens is 1. The maximum atomic E-state index is 12.9. The summed E-state index contributed by atoms with van der Waals surface area (Å²) in [6.45, 7) is 3.64. The van der Waals surface area contributed by atoms with Crippen molar-refractivity contribution in [1.82, 2.24) is 9.88 Å². The summed E-state index contributed by atoms with van der Waals surface area (Å²) in [6.07, 6.45) is 3.43. The summed E-state index contributed by atoms with van der Waals surface area (Å²) in [5, 5.41) is 0. The molecular formula is C27H30N2O2. The molecule has 4 nitrogen and oxygen atoms in total. The van der Waals surface area contributed by atoms with Crippen LogP contribution in [0.4, 0.5) is 0 Å². The third-order valence-electron chi connectivity index (χ3n) is 5.99. The predicted molar refractivity (Wildman–Crippen MR) is 123 cm³/mol. The van der Waals surface area contributed by atoms with E-state index in [0.29, 0.717) is 12.3 Å². The van der Waals surface area contributed by atoms with Gasteiger partial charge in [0.25, 0.3) is 0 Å². The predicted octanol–water partition coefficient (Wildman–Crippen LogP) is 4.94. The largest absolute Gasteiger partial charge is 0.497 e. The lowest BCUT2D eigenvalue weighted by molar-refractivity contribution is -0.131. The summed E-state index contributed by atoms with van der Waals surface area (Å²) in [6, 6.07) is 22.7. The highest BCUT2D eigenvalue weighted by Gasteiger charge is 2.26. The molecule has 1 saturated heterocycles. The summed E-state index contributed by atoms with van der Waals surface area (Å²) in [4.78, 5) is 19.8. The van der Waals surface area contributed by atoms with Crippen molar-refractivity contribution < 1.29 is 9.53 Å². The van der Waals surface area contributed by atoms with Crippen LogP contribution in [0, 0.1) is 6.92 Å². The van der Waals surface area contributed by atoms with Gasteiger partial charge in [0.15, 0.2) is 0 Å². The number of pyridine rings is 1. The first kappa shape index (κ1) is 21.1. The molecule has 160 valence electrons. The fourth-order valence-corrected chi connectivity index (χ4v) is 4.39. The van der Waals surface area contributed by atoms with Gasteiger partial charge in [0, 0.05) is 30.4 Å². The fraction of sp³-hybridized carbons (Fsp3) is 0.333. The Bertz CT molecular complexity index is 1020. The van der Waals surface area contributed by atoms with Gasteiger partial charge in [0.1, 0.15) is 5.75 Å². The molecule has 3 aromatic rings. The van der Waals surface area contributed by atoms with Gasteiger partial charge in [-0.1, -0.05) is 42.5 Å². The van der Waals surface area contributed by atoms with Crippen molar-refractivity contribution in [3.05, 3.63) is 94.8 Å². The van der Waals surface area contributed by atoms with E-state index >= 15 is 0 Å². The summed E-state index contributed by atoms with van der Waals surface area (Å²) in [7, 11) is 1.65. The van der Waals surface area contributed by atoms with Crippen LogP contribution < -0.4 is 4.74 Å². The average molecular weight is 415 g/mol. The van der Waals surface area contributed by atoms with E-state index in [1.54, 1.807) is 7.11 Å². The van der Waals surface area contributed by atoms with Crippen LogP contribution >= 0.6 is 0 Å². The molecule has 1 atom stereocenters. The number of ether oxygens (including phenoxy) is 1. The standard InChI is InChI=1S/C27H30N2O2/c1-20-15-23(16-21-7-4-3-5-8-21)17-26(28-20)24-9-6-14-29(19-24)27(30)18-22-10-12-25(31-2)13-11-22/h3-5,7-8,10-13,15,17,24H,6,9,14,16,18-19H2,1-2H3/t24-/m1/s1. The van der Waals surface area contributed by atoms with Gasteiger partial charge in [-0.3, -0.25) is 9.78 Å². The number of hydrogen-bond donors (Lipinski definition) is 0. The van der Waals surface area contributed by atoms with Gasteiger partial charge in [-0.2, -0.15) is 0 Å². The summed E-state index contributed by atoms with van der Waals surface area (Å²) in [5.74, 6) is 1.29. The fourth-order valence-electron chi connectivity index (χ4n) is 4.39. The molecule has 0 unspecified atom stereocenters. The van der Waals surface area contributed by atoms with Crippen LogP contribution in [0.15, 0.2) is 66.7 Å². The smallest absolute Gasteiger partial charge is 0.227 e. The molecule has 1 aliphatic heterocycles. The molecule has 1 aliphatic rings. The topological polar surface area (TPSA) is 42.4 Å². The van der Waals surface area contributed by atoms with Gasteiger partial charge >= 0.3 is 0 Å². The first-order valence-electron chi connectivity index (χ1n) is 11.0. The second kappa shape index (κ2) is 9.78. The second-order valence-electron chi connectivity index (χ2n) is 8.41. The van der Waals surface area contributed by atoms with Gasteiger partial charge in [-0.15, -0.1) is 0 Å². The maximum absolute atomic E-state index is 12.9. The molecule has 2 aromatic carbocycles. The Hall–Kier alpha value is -3.14. The zero-order valence-electron chi connectivity index (χ0n) is 18.4. The third kappa shape index (κ3) is 5.52. The number of carbonyl (C=O) groups excluding carboxylic acids is 1. The monoisotopic (exact) mass is 414 g/mol. The van der Waals surface area contributed by atoms with Crippen molar-refractivity contribution in [3.8, 4) is 5.75 Å². The van der Waals surface area contributed by atoms with Crippen LogP contribution in [-0.4, -0.2) is 36.0 Å². The first-order valence-corrected chi connectivity index (χ1v) is 11.0. The van der Waals surface area contributed by atoms with E-state index in [1.807, 2.05) is 35.2 Å². The Kier molecular flexibility index (Phi) is 6.66. The van der Waals surface area contributed by atoms with Crippen LogP contribution in [0.1, 0.15) is 46.8 Å². The molecule has 2 heterocycles. The summed E-state index contributed by atoms with van der Waals surface area (Å²) in [5.41, 5.74) is 5.78. The molecule has 0 bridgehead atoms. The van der Waals surface area contributed by atoms with Crippen LogP contribution in [-0.2, 0) is 17.6 Å². The highest BCUT2D eigenvalue weighted by atomic mass is 16.5. The number of benzene rings is 2. The minimum absolute atomic E-state index is 0.187. The summed E-state index contributed by atoms with van der Waals surface area (Å²) >= 11 is 0. The number of amides is 1. The Morgan fingerprint density at radius 1 is 1.03 bits per heavy atom. The first-order chi connectivity index (χ1) is 15.1. The molecule has 0 spiro atoms. The Morgan fingerprint density at radius 2 is 1.81 bits per heavy atom. The number of aryl methyl sites for hydroxylation is 1. The van der Waals surface area contributed by atoms with E-state index in [-0.39, 0.29) is 5.91 Å². The Labute approximate surface area is 184 Å². The molecule has 0 N–H and O–H groups in total. The number of rotatable bonds is 6. The lowest BCUT2D eigenvalue weighted by atomic mass is 9.92. The van der Waals surface area contributed by atoms with Crippen LogP contribution in [0.2, 0.25) is 0 Å². The number of nitrogens with zero attached hydrogens (tertiary/aromatic N) is 2. The molecule has 0 radical (unpaired) electrons. The van der Waals surface area contributed by atoms with E-state index in [4.69, 9.17) is 9.72 Å². The highest BCUT2D eigenvalue weighted by Crippen LogP contribution is 2.28. The van der Waals surface area contributed by atoms with E-state index in [2.05, 4.69) is 43.3 Å². The van der Waals surface area contributed by atoms with E-state index in [9.17, 15) is 4.79 Å².